The molecule has 0 saturated heterocycles. The molecular formula is C41H67N11O7. The summed E-state index contributed by atoms with van der Waals surface area (Å²) in [6.07, 6.45) is 10.3. The molecule has 2 rings (SSSR count). The number of aliphatic hydroxyl groups is 1. The van der Waals surface area contributed by atoms with E-state index >= 15 is 0 Å². The van der Waals surface area contributed by atoms with E-state index in [0.29, 0.717) is 109 Å². The number of unbranched alkanes of at least 4 members (excludes halogenated alkanes) is 2. The second-order valence-electron chi connectivity index (χ2n) is 13.8. The average Bonchev–Trinajstić information content (AvgIpc) is 3.21. The molecule has 0 saturated carbocycles. The normalized spacial score (nSPS) is 14.9. The highest BCUT2D eigenvalue weighted by molar-refractivity contribution is 6.31. The van der Waals surface area contributed by atoms with Crippen LogP contribution in [0.5, 0.6) is 0 Å². The number of hydrazone groups is 1. The van der Waals surface area contributed by atoms with Gasteiger partial charge in [0.25, 0.3) is 5.91 Å². The van der Waals surface area contributed by atoms with Gasteiger partial charge in [0.1, 0.15) is 11.5 Å². The topological polar surface area (TPSA) is 252 Å². The number of benzene rings is 1. The highest BCUT2D eigenvalue weighted by Gasteiger charge is 2.17. The third kappa shape index (κ3) is 23.6. The van der Waals surface area contributed by atoms with Crippen molar-refractivity contribution in [2.45, 2.75) is 65.7 Å². The molecule has 0 unspecified atom stereocenters. The number of amidine groups is 1. The molecule has 1 heterocycles. The van der Waals surface area contributed by atoms with Crippen molar-refractivity contribution in [2.24, 2.45) is 26.7 Å². The summed E-state index contributed by atoms with van der Waals surface area (Å²) in [7, 11) is 1.95. The van der Waals surface area contributed by atoms with Crippen molar-refractivity contribution in [1.82, 2.24) is 26.2 Å². The number of rotatable bonds is 31. The van der Waals surface area contributed by atoms with Gasteiger partial charge in [-0.15, -0.1) is 0 Å². The van der Waals surface area contributed by atoms with E-state index in [9.17, 15) is 19.5 Å². The number of allylic oxidation sites excluding steroid dienone is 1. The summed E-state index contributed by atoms with van der Waals surface area (Å²) in [5, 5.41) is 29.7. The van der Waals surface area contributed by atoms with Gasteiger partial charge >= 0.3 is 0 Å². The van der Waals surface area contributed by atoms with Crippen LogP contribution < -0.4 is 38.2 Å². The number of nitrogens with one attached hydrogen (secondary N) is 5. The molecular weight excluding hydrogens is 759 g/mol. The minimum Gasteiger partial charge on any atom is -0.492 e. The van der Waals surface area contributed by atoms with Crippen LogP contribution in [0.2, 0.25) is 0 Å². The Kier molecular flexibility index (Phi) is 26.0. The number of anilines is 1. The smallest absolute Gasteiger partial charge is 0.251 e. The van der Waals surface area contributed by atoms with E-state index in [1.807, 2.05) is 36.4 Å². The lowest BCUT2D eigenvalue weighted by Crippen LogP contribution is -2.32. The van der Waals surface area contributed by atoms with Gasteiger partial charge in [-0.1, -0.05) is 19.4 Å². The Hall–Kier alpha value is -5.30. The highest BCUT2D eigenvalue weighted by atomic mass is 16.5. The number of hydrogen-bond acceptors (Lipinski definition) is 15. The predicted molar refractivity (Wildman–Crippen MR) is 233 cm³/mol. The molecule has 0 atom stereocenters. The van der Waals surface area contributed by atoms with Crippen molar-refractivity contribution >= 4 is 41.0 Å². The number of hydrogen-bond donors (Lipinski definition) is 8. The number of ketones is 1. The summed E-state index contributed by atoms with van der Waals surface area (Å²) in [6.45, 7) is 10.9. The first-order chi connectivity index (χ1) is 28.5. The number of aliphatic hydroxyl groups excluding tert-OH is 1. The number of carbonyl (C=O) groups excluding carboxylic acids is 3. The van der Waals surface area contributed by atoms with Gasteiger partial charge in [-0.25, -0.2) is 0 Å². The number of amides is 2. The van der Waals surface area contributed by atoms with Gasteiger partial charge in [0.15, 0.2) is 0 Å². The molecule has 1 aromatic rings. The first-order valence-corrected chi connectivity index (χ1v) is 20.3. The summed E-state index contributed by atoms with van der Waals surface area (Å²) in [6, 6.07) is 7.08. The fraction of sp³-hybridized carbons (Fsp3) is 0.561. The number of Topliss-reactive ketones (excluding diaryl/α,β-unsaturated/α-hetero) is 1. The maximum atomic E-state index is 12.6. The Morgan fingerprint density at radius 3 is 2.32 bits per heavy atom. The molecule has 18 heteroatoms. The van der Waals surface area contributed by atoms with Gasteiger partial charge in [0, 0.05) is 69.2 Å². The monoisotopic (exact) mass is 826 g/mol. The molecule has 0 aliphatic carbocycles. The second kappa shape index (κ2) is 30.7. The molecule has 10 N–H and O–H groups in total. The fourth-order valence-corrected chi connectivity index (χ4v) is 5.27. The molecule has 1 aliphatic rings. The summed E-state index contributed by atoms with van der Waals surface area (Å²) < 4.78 is 16.7. The van der Waals surface area contributed by atoms with Crippen LogP contribution in [0.3, 0.4) is 0 Å². The largest absolute Gasteiger partial charge is 0.492 e. The van der Waals surface area contributed by atoms with Crippen LogP contribution in [0.1, 0.15) is 76.1 Å². The molecule has 18 nitrogen and oxygen atoms in total. The number of likely N-dealkylation sites (N-methyl/N-ethyl adjacent to an activating group) is 1. The van der Waals surface area contributed by atoms with Crippen LogP contribution in [0.25, 0.3) is 0 Å². The summed E-state index contributed by atoms with van der Waals surface area (Å²) in [5.41, 5.74) is 9.58. The fourth-order valence-electron chi connectivity index (χ4n) is 5.27. The van der Waals surface area contributed by atoms with Gasteiger partial charge < -0.3 is 62.3 Å². The van der Waals surface area contributed by atoms with Crippen LogP contribution >= 0.6 is 0 Å². The van der Waals surface area contributed by atoms with Crippen molar-refractivity contribution in [2.75, 3.05) is 91.3 Å². The van der Waals surface area contributed by atoms with Crippen LogP contribution in [-0.4, -0.2) is 131 Å². The lowest BCUT2D eigenvalue weighted by molar-refractivity contribution is -0.121. The summed E-state index contributed by atoms with van der Waals surface area (Å²) in [5.74, 6) is 5.39. The van der Waals surface area contributed by atoms with Crippen molar-refractivity contribution in [3.63, 3.8) is 0 Å². The van der Waals surface area contributed by atoms with Crippen molar-refractivity contribution < 1.29 is 33.7 Å². The third-order valence-electron chi connectivity index (χ3n) is 8.43. The standard InChI is InChI=1S/C41H67N11O7/c1-5-6-11-37-39(41(56)49-32(3)42)50-35(29-48-37)28-47-34-15-13-33(14-16-34)40(55)46-18-9-12-38(54)45-19-21-57-23-25-59-26-24-58-22-20-52(4)30-36(51-43)27-44-17-8-7-10-31(2)53/h11,13-16,27,29,47-48,50,56H,5-10,12,17-26,28,30,43H2,1-4H3,(H2,42,49)(H,45,54)(H,46,55)/b37-11-,41-39-,44-27?,51-36?. The van der Waals surface area contributed by atoms with E-state index in [1.54, 1.807) is 32.2 Å². The quantitative estimate of drug-likeness (QED) is 0.0134. The van der Waals surface area contributed by atoms with E-state index in [0.717, 1.165) is 42.8 Å². The Bertz CT molecular complexity index is 1600. The number of nitrogens with two attached hydrogens (primary N) is 2. The molecule has 59 heavy (non-hydrogen) atoms. The zero-order valence-electron chi connectivity index (χ0n) is 35.3. The molecule has 0 bridgehead atoms. The third-order valence-corrected chi connectivity index (χ3v) is 8.43. The van der Waals surface area contributed by atoms with Crippen molar-refractivity contribution in [1.29, 1.82) is 0 Å². The van der Waals surface area contributed by atoms with Crippen molar-refractivity contribution in [3.8, 4) is 0 Å². The zero-order chi connectivity index (χ0) is 43.1. The average molecular weight is 826 g/mol. The number of aliphatic imine (C=N–C) groups is 2. The Morgan fingerprint density at radius 2 is 1.64 bits per heavy atom. The van der Waals surface area contributed by atoms with E-state index in [2.05, 4.69) is 48.6 Å². The first kappa shape index (κ1) is 49.8. The first-order valence-electron chi connectivity index (χ1n) is 20.3. The molecule has 1 aliphatic heterocycles. The van der Waals surface area contributed by atoms with Gasteiger partial charge in [0.05, 0.1) is 69.1 Å². The zero-order valence-corrected chi connectivity index (χ0v) is 35.3. The van der Waals surface area contributed by atoms with Gasteiger partial charge in [-0.05, 0) is 70.8 Å². The highest BCUT2D eigenvalue weighted by Crippen LogP contribution is 2.18. The molecule has 0 aromatic heterocycles. The van der Waals surface area contributed by atoms with E-state index in [4.69, 9.17) is 25.8 Å². The maximum absolute atomic E-state index is 12.6. The van der Waals surface area contributed by atoms with Crippen LogP contribution in [0, 0.1) is 0 Å². The van der Waals surface area contributed by atoms with Crippen LogP contribution in [-0.2, 0) is 23.8 Å². The number of carbonyl (C=O) groups is 3. The molecule has 0 spiro atoms. The lowest BCUT2D eigenvalue weighted by atomic mass is 10.1. The number of nitrogens with zero attached hydrogens (tertiary/aromatic N) is 4. The molecule has 2 amide bonds. The Labute approximate surface area is 349 Å². The van der Waals surface area contributed by atoms with E-state index in [-0.39, 0.29) is 35.7 Å². The predicted octanol–water partition coefficient (Wildman–Crippen LogP) is 2.67. The van der Waals surface area contributed by atoms with E-state index in [1.165, 1.54) is 0 Å². The molecule has 1 aromatic carbocycles. The van der Waals surface area contributed by atoms with Crippen LogP contribution in [0.15, 0.2) is 74.6 Å². The SMILES string of the molecule is CCC/C=C1\NC=C(CNc2ccc(C(=O)NCCCC(=O)NCCOCCOCCOCCN(C)CC(C=NCCCCC(C)=O)=NN)cc2)N\C1=C(/O)N=C(C)N. The Balaban J connectivity index is 1.49. The molecule has 328 valence electrons. The summed E-state index contributed by atoms with van der Waals surface area (Å²) >= 11 is 0. The van der Waals surface area contributed by atoms with Gasteiger partial charge in [-0.2, -0.15) is 10.1 Å². The second-order valence-corrected chi connectivity index (χ2v) is 13.8. The molecule has 0 fully saturated rings. The van der Waals surface area contributed by atoms with E-state index < -0.39 is 0 Å². The number of ether oxygens (including phenoxy) is 3. The Morgan fingerprint density at radius 1 is 0.932 bits per heavy atom. The van der Waals surface area contributed by atoms with Gasteiger partial charge in [0.2, 0.25) is 11.8 Å². The maximum Gasteiger partial charge on any atom is 0.251 e. The minimum absolute atomic E-state index is 0.111. The van der Waals surface area contributed by atoms with Crippen molar-refractivity contribution in [3.05, 3.63) is 65.1 Å². The minimum atomic E-state index is -0.222. The molecule has 0 radical (unpaired) electrons. The summed E-state index contributed by atoms with van der Waals surface area (Å²) in [4.78, 5) is 46.2. The van der Waals surface area contributed by atoms with Crippen LogP contribution in [0.4, 0.5) is 5.69 Å². The lowest BCUT2D eigenvalue weighted by Gasteiger charge is -2.23. The van der Waals surface area contributed by atoms with Gasteiger partial charge in [-0.3, -0.25) is 19.5 Å².